The lowest BCUT2D eigenvalue weighted by molar-refractivity contribution is -0.137. The van der Waals surface area contributed by atoms with Crippen molar-refractivity contribution in [3.8, 4) is 0 Å². The van der Waals surface area contributed by atoms with Crippen molar-refractivity contribution in [1.82, 2.24) is 20.6 Å². The molecule has 4 rings (SSSR count). The highest BCUT2D eigenvalue weighted by Gasteiger charge is 2.41. The molecule has 2 amide bonds. The Morgan fingerprint density at radius 1 is 1.03 bits per heavy atom. The summed E-state index contributed by atoms with van der Waals surface area (Å²) in [4.78, 5) is 21.8. The normalized spacial score (nSPS) is 16.0. The average molecular weight is 507 g/mol. The van der Waals surface area contributed by atoms with Gasteiger partial charge in [0.15, 0.2) is 0 Å². The van der Waals surface area contributed by atoms with Gasteiger partial charge in [0.1, 0.15) is 11.4 Å². The molecule has 1 aliphatic carbocycles. The summed E-state index contributed by atoms with van der Waals surface area (Å²) in [7, 11) is 0. The van der Waals surface area contributed by atoms with E-state index >= 15 is 0 Å². The van der Waals surface area contributed by atoms with Crippen LogP contribution in [0.4, 0.5) is 22.4 Å². The molecule has 0 radical (unpaired) electrons. The number of hydrogen-bond acceptors (Lipinski definition) is 3. The number of nitrogens with one attached hydrogen (secondary N) is 2. The molecular formula is C25H23ClF4N4O. The average Bonchev–Trinajstić information content (AvgIpc) is 3.31. The number of pyridine rings is 2. The van der Waals surface area contributed by atoms with Crippen LogP contribution in [0.15, 0.2) is 60.9 Å². The molecule has 10 heteroatoms. The Balaban J connectivity index is 1.89. The predicted octanol–water partition coefficient (Wildman–Crippen LogP) is 6.02. The fraction of sp³-hybridized carbons (Fsp3) is 0.320. The van der Waals surface area contributed by atoms with Crippen LogP contribution in [0.25, 0.3) is 0 Å². The molecule has 3 aromatic rings. The first-order valence-electron chi connectivity index (χ1n) is 11.1. The van der Waals surface area contributed by atoms with Crippen LogP contribution >= 0.6 is 11.6 Å². The summed E-state index contributed by atoms with van der Waals surface area (Å²) < 4.78 is 55.5. The molecule has 0 unspecified atom stereocenters. The summed E-state index contributed by atoms with van der Waals surface area (Å²) in [5.41, 5.74) is -2.32. The highest BCUT2D eigenvalue weighted by molar-refractivity contribution is 6.30. The van der Waals surface area contributed by atoms with Gasteiger partial charge in [-0.05, 0) is 60.9 Å². The number of alkyl halides is 3. The van der Waals surface area contributed by atoms with Crippen LogP contribution in [0.5, 0.6) is 0 Å². The first-order chi connectivity index (χ1) is 16.7. The number of urea groups is 1. The van der Waals surface area contributed by atoms with Crippen LogP contribution in [-0.2, 0) is 18.1 Å². The van der Waals surface area contributed by atoms with Crippen LogP contribution in [-0.4, -0.2) is 22.0 Å². The minimum atomic E-state index is -4.80. The molecule has 1 atom stereocenters. The molecule has 1 aromatic carbocycles. The Morgan fingerprint density at radius 3 is 2.40 bits per heavy atom. The van der Waals surface area contributed by atoms with Crippen LogP contribution in [0.3, 0.4) is 0 Å². The van der Waals surface area contributed by atoms with Gasteiger partial charge in [0.2, 0.25) is 0 Å². The van der Waals surface area contributed by atoms with E-state index in [1.807, 2.05) is 0 Å². The van der Waals surface area contributed by atoms with Gasteiger partial charge in [-0.15, -0.1) is 0 Å². The molecule has 0 aliphatic heterocycles. The Kier molecular flexibility index (Phi) is 7.25. The molecule has 35 heavy (non-hydrogen) atoms. The van der Waals surface area contributed by atoms with E-state index in [-0.39, 0.29) is 23.7 Å². The molecule has 5 nitrogen and oxygen atoms in total. The molecule has 1 fully saturated rings. The van der Waals surface area contributed by atoms with Crippen molar-refractivity contribution in [2.24, 2.45) is 0 Å². The van der Waals surface area contributed by atoms with Crippen molar-refractivity contribution in [3.05, 3.63) is 94.3 Å². The van der Waals surface area contributed by atoms with E-state index in [0.29, 0.717) is 16.8 Å². The zero-order chi connectivity index (χ0) is 25.1. The quantitative estimate of drug-likeness (QED) is 0.402. The summed E-state index contributed by atoms with van der Waals surface area (Å²) in [5, 5.41) is 6.02. The Bertz CT molecular complexity index is 1170. The third-order valence-corrected chi connectivity index (χ3v) is 6.30. The zero-order valence-corrected chi connectivity index (χ0v) is 19.3. The second-order valence-electron chi connectivity index (χ2n) is 8.57. The van der Waals surface area contributed by atoms with Crippen molar-refractivity contribution in [3.63, 3.8) is 0 Å². The number of rotatable bonds is 6. The van der Waals surface area contributed by atoms with Gasteiger partial charge in [-0.1, -0.05) is 30.5 Å². The van der Waals surface area contributed by atoms with Crippen molar-refractivity contribution < 1.29 is 22.4 Å². The zero-order valence-electron chi connectivity index (χ0n) is 18.6. The number of carbonyl (C=O) groups excluding carboxylic acids is 1. The molecule has 2 heterocycles. The van der Waals surface area contributed by atoms with E-state index in [2.05, 4.69) is 20.6 Å². The molecule has 2 aromatic heterocycles. The number of amides is 2. The Labute approximate surface area is 204 Å². The maximum absolute atomic E-state index is 14.6. The maximum atomic E-state index is 14.6. The minimum Gasteiger partial charge on any atom is -0.335 e. The van der Waals surface area contributed by atoms with Crippen LogP contribution in [0.2, 0.25) is 5.02 Å². The Hall–Kier alpha value is -3.20. The van der Waals surface area contributed by atoms with E-state index in [4.69, 9.17) is 11.6 Å². The topological polar surface area (TPSA) is 66.9 Å². The van der Waals surface area contributed by atoms with Crippen molar-refractivity contribution in [2.45, 2.75) is 49.9 Å². The molecule has 0 bridgehead atoms. The smallest absolute Gasteiger partial charge is 0.335 e. The van der Waals surface area contributed by atoms with Gasteiger partial charge in [0.25, 0.3) is 0 Å². The van der Waals surface area contributed by atoms with Crippen LogP contribution in [0.1, 0.15) is 48.2 Å². The fourth-order valence-corrected chi connectivity index (χ4v) is 4.52. The molecule has 0 spiro atoms. The van der Waals surface area contributed by atoms with Gasteiger partial charge in [0, 0.05) is 30.6 Å². The molecule has 0 saturated heterocycles. The number of benzene rings is 1. The standard InChI is InChI=1S/C25H23ClF4N4O/c26-18-8-9-22(32-15-18)24(14-21-7-3-4-10-31-21,34-23(35)33-20-5-1-2-6-20)16-11-17(25(28,29)30)13-19(27)12-16/h3-4,7-13,15,20H,1-2,5-6,14H2,(H2,33,34,35)/t24-/m1/s1. The first-order valence-corrected chi connectivity index (χ1v) is 11.5. The monoisotopic (exact) mass is 506 g/mol. The van der Waals surface area contributed by atoms with Gasteiger partial charge in [-0.25, -0.2) is 9.18 Å². The van der Waals surface area contributed by atoms with E-state index in [9.17, 15) is 22.4 Å². The van der Waals surface area contributed by atoms with E-state index in [0.717, 1.165) is 37.8 Å². The number of carbonyl (C=O) groups is 1. The van der Waals surface area contributed by atoms with Gasteiger partial charge in [-0.3, -0.25) is 9.97 Å². The second-order valence-corrected chi connectivity index (χ2v) is 9.01. The lowest BCUT2D eigenvalue weighted by Crippen LogP contribution is -2.54. The largest absolute Gasteiger partial charge is 0.416 e. The first kappa shape index (κ1) is 24.9. The highest BCUT2D eigenvalue weighted by Crippen LogP contribution is 2.37. The lowest BCUT2D eigenvalue weighted by Gasteiger charge is -2.36. The van der Waals surface area contributed by atoms with Gasteiger partial charge in [0.05, 0.1) is 16.3 Å². The summed E-state index contributed by atoms with van der Waals surface area (Å²) in [6, 6.07) is 9.67. The number of aromatic nitrogens is 2. The van der Waals surface area contributed by atoms with E-state index in [1.54, 1.807) is 18.2 Å². The van der Waals surface area contributed by atoms with Crippen molar-refractivity contribution in [2.75, 3.05) is 0 Å². The van der Waals surface area contributed by atoms with Crippen LogP contribution < -0.4 is 10.6 Å². The van der Waals surface area contributed by atoms with Gasteiger partial charge in [-0.2, -0.15) is 13.2 Å². The van der Waals surface area contributed by atoms with Gasteiger partial charge < -0.3 is 10.6 Å². The summed E-state index contributed by atoms with van der Waals surface area (Å²) in [6.45, 7) is 0. The molecule has 2 N–H and O–H groups in total. The third-order valence-electron chi connectivity index (χ3n) is 6.07. The molecular weight excluding hydrogens is 484 g/mol. The van der Waals surface area contributed by atoms with Crippen molar-refractivity contribution >= 4 is 17.6 Å². The van der Waals surface area contributed by atoms with E-state index < -0.39 is 29.1 Å². The molecule has 1 saturated carbocycles. The second kappa shape index (κ2) is 10.2. The molecule has 1 aliphatic rings. The van der Waals surface area contributed by atoms with Crippen molar-refractivity contribution in [1.29, 1.82) is 0 Å². The van der Waals surface area contributed by atoms with Crippen LogP contribution in [0, 0.1) is 5.82 Å². The predicted molar refractivity (Wildman–Crippen MR) is 123 cm³/mol. The summed E-state index contributed by atoms with van der Waals surface area (Å²) in [5.74, 6) is -1.09. The molecule has 184 valence electrons. The number of hydrogen-bond donors (Lipinski definition) is 2. The third kappa shape index (κ3) is 5.90. The number of halogens is 5. The van der Waals surface area contributed by atoms with E-state index in [1.165, 1.54) is 24.5 Å². The summed E-state index contributed by atoms with van der Waals surface area (Å²) in [6.07, 6.45) is 1.53. The summed E-state index contributed by atoms with van der Waals surface area (Å²) >= 11 is 6.01. The fourth-order valence-electron chi connectivity index (χ4n) is 4.41. The minimum absolute atomic E-state index is 0.0565. The van der Waals surface area contributed by atoms with Gasteiger partial charge >= 0.3 is 12.2 Å². The highest BCUT2D eigenvalue weighted by atomic mass is 35.5. The number of nitrogens with zero attached hydrogens (tertiary/aromatic N) is 2. The Morgan fingerprint density at radius 2 is 1.77 bits per heavy atom. The lowest BCUT2D eigenvalue weighted by atomic mass is 9.81. The SMILES string of the molecule is O=C(NC1CCCC1)N[C@](Cc1ccccn1)(c1cc(F)cc(C(F)(F)F)c1)c1ccc(Cl)cn1. The maximum Gasteiger partial charge on any atom is 0.416 e.